The van der Waals surface area contributed by atoms with E-state index in [1.165, 1.54) is 12.8 Å². The predicted molar refractivity (Wildman–Crippen MR) is 110 cm³/mol. The van der Waals surface area contributed by atoms with Crippen LogP contribution < -0.4 is 0 Å². The molecule has 1 saturated carbocycles. The van der Waals surface area contributed by atoms with E-state index in [-0.39, 0.29) is 12.8 Å². The fourth-order valence-electron chi connectivity index (χ4n) is 3.99. The SMILES string of the molecule is FC1(F)CCN(Cc2ccc(-c3ccc4c(nnn4CC4CC4)c3Cl)cc2)CC1. The fourth-order valence-corrected chi connectivity index (χ4v) is 4.30. The van der Waals surface area contributed by atoms with Crippen molar-refractivity contribution in [2.24, 2.45) is 5.92 Å². The Labute approximate surface area is 173 Å². The highest BCUT2D eigenvalue weighted by Crippen LogP contribution is 2.36. The van der Waals surface area contributed by atoms with Gasteiger partial charge in [-0.25, -0.2) is 13.5 Å². The zero-order valence-corrected chi connectivity index (χ0v) is 16.9. The second-order valence-electron chi connectivity index (χ2n) is 8.34. The van der Waals surface area contributed by atoms with Crippen LogP contribution in [0, 0.1) is 5.92 Å². The summed E-state index contributed by atoms with van der Waals surface area (Å²) in [5.74, 6) is -1.78. The van der Waals surface area contributed by atoms with Crippen LogP contribution in [0.15, 0.2) is 36.4 Å². The van der Waals surface area contributed by atoms with Crippen molar-refractivity contribution >= 4 is 22.6 Å². The third-order valence-electron chi connectivity index (χ3n) is 6.01. The van der Waals surface area contributed by atoms with Gasteiger partial charge in [-0.2, -0.15) is 0 Å². The molecule has 7 heteroatoms. The van der Waals surface area contributed by atoms with Gasteiger partial charge in [0.1, 0.15) is 5.52 Å². The van der Waals surface area contributed by atoms with Gasteiger partial charge in [0.2, 0.25) is 0 Å². The summed E-state index contributed by atoms with van der Waals surface area (Å²) in [6, 6.07) is 12.2. The molecule has 0 unspecified atom stereocenters. The van der Waals surface area contributed by atoms with Crippen LogP contribution in [-0.4, -0.2) is 38.9 Å². The quantitative estimate of drug-likeness (QED) is 0.559. The normalized spacial score (nSPS) is 19.7. The highest BCUT2D eigenvalue weighted by Gasteiger charge is 2.33. The summed E-state index contributed by atoms with van der Waals surface area (Å²) in [5, 5.41) is 9.21. The van der Waals surface area contributed by atoms with Crippen molar-refractivity contribution in [3.05, 3.63) is 47.0 Å². The Bertz CT molecular complexity index is 1020. The summed E-state index contributed by atoms with van der Waals surface area (Å²) in [6.45, 7) is 2.48. The van der Waals surface area contributed by atoms with E-state index in [2.05, 4.69) is 15.2 Å². The molecule has 152 valence electrons. The molecule has 0 N–H and O–H groups in total. The molecule has 0 spiro atoms. The summed E-state index contributed by atoms with van der Waals surface area (Å²) in [5.41, 5.74) is 4.78. The number of hydrogen-bond donors (Lipinski definition) is 0. The summed E-state index contributed by atoms with van der Waals surface area (Å²) in [7, 11) is 0. The van der Waals surface area contributed by atoms with Gasteiger partial charge in [0.25, 0.3) is 5.92 Å². The average molecular weight is 417 g/mol. The van der Waals surface area contributed by atoms with Crippen molar-refractivity contribution in [2.45, 2.75) is 44.7 Å². The van der Waals surface area contributed by atoms with Crippen molar-refractivity contribution in [1.82, 2.24) is 19.9 Å². The van der Waals surface area contributed by atoms with E-state index >= 15 is 0 Å². The van der Waals surface area contributed by atoms with Crippen molar-refractivity contribution < 1.29 is 8.78 Å². The molecule has 0 amide bonds. The molecule has 4 nitrogen and oxygen atoms in total. The Morgan fingerprint density at radius 2 is 1.76 bits per heavy atom. The van der Waals surface area contributed by atoms with Gasteiger partial charge in [0.05, 0.1) is 10.5 Å². The van der Waals surface area contributed by atoms with E-state index < -0.39 is 5.92 Å². The lowest BCUT2D eigenvalue weighted by Crippen LogP contribution is -2.38. The lowest BCUT2D eigenvalue weighted by atomic mass is 10.0. The van der Waals surface area contributed by atoms with Crippen molar-refractivity contribution in [2.75, 3.05) is 13.1 Å². The molecule has 3 aromatic rings. The lowest BCUT2D eigenvalue weighted by Gasteiger charge is -2.31. The number of fused-ring (bicyclic) bond motifs is 1. The van der Waals surface area contributed by atoms with Gasteiger partial charge < -0.3 is 0 Å². The third-order valence-corrected chi connectivity index (χ3v) is 6.39. The largest absolute Gasteiger partial charge is 0.299 e. The average Bonchev–Trinajstić information content (AvgIpc) is 3.43. The lowest BCUT2D eigenvalue weighted by molar-refractivity contribution is -0.0566. The van der Waals surface area contributed by atoms with E-state index in [1.807, 2.05) is 41.1 Å². The Kier molecular flexibility index (Phi) is 4.79. The molecular weight excluding hydrogens is 394 g/mol. The van der Waals surface area contributed by atoms with E-state index in [1.54, 1.807) is 0 Å². The van der Waals surface area contributed by atoms with Gasteiger partial charge in [-0.15, -0.1) is 5.10 Å². The maximum absolute atomic E-state index is 13.3. The van der Waals surface area contributed by atoms with E-state index in [0.29, 0.717) is 24.7 Å². The van der Waals surface area contributed by atoms with Crippen LogP contribution in [-0.2, 0) is 13.1 Å². The fraction of sp³-hybridized carbons (Fsp3) is 0.455. The van der Waals surface area contributed by atoms with Gasteiger partial charge in [0.15, 0.2) is 0 Å². The number of piperidine rings is 1. The predicted octanol–water partition coefficient (Wildman–Crippen LogP) is 5.39. The first-order valence-electron chi connectivity index (χ1n) is 10.2. The number of alkyl halides is 2. The topological polar surface area (TPSA) is 34.0 Å². The second-order valence-corrected chi connectivity index (χ2v) is 8.72. The van der Waals surface area contributed by atoms with Crippen LogP contribution in [0.1, 0.15) is 31.2 Å². The van der Waals surface area contributed by atoms with Gasteiger partial charge in [-0.1, -0.05) is 47.1 Å². The molecule has 29 heavy (non-hydrogen) atoms. The molecule has 2 fully saturated rings. The molecule has 2 heterocycles. The van der Waals surface area contributed by atoms with Crippen LogP contribution in [0.5, 0.6) is 0 Å². The number of aromatic nitrogens is 3. The van der Waals surface area contributed by atoms with Crippen LogP contribution in [0.25, 0.3) is 22.2 Å². The van der Waals surface area contributed by atoms with Crippen molar-refractivity contribution in [3.8, 4) is 11.1 Å². The number of halogens is 3. The third kappa shape index (κ3) is 4.01. The number of nitrogens with zero attached hydrogens (tertiary/aromatic N) is 4. The monoisotopic (exact) mass is 416 g/mol. The first-order valence-corrected chi connectivity index (χ1v) is 10.6. The molecule has 1 aliphatic heterocycles. The number of hydrogen-bond acceptors (Lipinski definition) is 3. The van der Waals surface area contributed by atoms with Crippen molar-refractivity contribution in [1.29, 1.82) is 0 Å². The Morgan fingerprint density at radius 1 is 1.03 bits per heavy atom. The molecule has 0 radical (unpaired) electrons. The zero-order chi connectivity index (χ0) is 20.0. The minimum absolute atomic E-state index is 0.0534. The first-order chi connectivity index (χ1) is 14.0. The zero-order valence-electron chi connectivity index (χ0n) is 16.1. The van der Waals surface area contributed by atoms with Gasteiger partial charge in [-0.05, 0) is 36.0 Å². The molecule has 0 bridgehead atoms. The van der Waals surface area contributed by atoms with Crippen molar-refractivity contribution in [3.63, 3.8) is 0 Å². The molecule has 1 aromatic heterocycles. The van der Waals surface area contributed by atoms with Crippen LogP contribution in [0.4, 0.5) is 8.78 Å². The number of benzene rings is 2. The van der Waals surface area contributed by atoms with Gasteiger partial charge in [0, 0.05) is 44.6 Å². The van der Waals surface area contributed by atoms with E-state index in [9.17, 15) is 8.78 Å². The molecule has 2 aliphatic rings. The number of likely N-dealkylation sites (tertiary alicyclic amines) is 1. The maximum atomic E-state index is 13.3. The van der Waals surface area contributed by atoms with Gasteiger partial charge >= 0.3 is 0 Å². The molecule has 5 rings (SSSR count). The van der Waals surface area contributed by atoms with Crippen LogP contribution >= 0.6 is 11.6 Å². The Balaban J connectivity index is 1.33. The van der Waals surface area contributed by atoms with Crippen LogP contribution in [0.2, 0.25) is 5.02 Å². The summed E-state index contributed by atoms with van der Waals surface area (Å²) >= 11 is 6.67. The minimum atomic E-state index is -2.50. The molecular formula is C22H23ClF2N4. The molecule has 1 aliphatic carbocycles. The standard InChI is InChI=1S/C22H23ClF2N4/c23-20-18(7-8-19-21(20)26-27-29(19)14-16-1-2-16)17-5-3-15(4-6-17)13-28-11-9-22(24,25)10-12-28/h3-8,16H,1-2,9-14H2. The Hall–Kier alpha value is -2.05. The Morgan fingerprint density at radius 3 is 2.45 bits per heavy atom. The molecule has 0 atom stereocenters. The molecule has 2 aromatic carbocycles. The molecule has 1 saturated heterocycles. The van der Waals surface area contributed by atoms with E-state index in [4.69, 9.17) is 11.6 Å². The van der Waals surface area contributed by atoms with Gasteiger partial charge in [-0.3, -0.25) is 4.90 Å². The highest BCUT2D eigenvalue weighted by molar-refractivity contribution is 6.37. The van der Waals surface area contributed by atoms with E-state index in [0.717, 1.165) is 40.2 Å². The number of rotatable bonds is 5. The van der Waals surface area contributed by atoms with Crippen LogP contribution in [0.3, 0.4) is 0 Å². The second kappa shape index (κ2) is 7.33. The highest BCUT2D eigenvalue weighted by atomic mass is 35.5. The summed E-state index contributed by atoms with van der Waals surface area (Å²) in [6.07, 6.45) is 2.42. The maximum Gasteiger partial charge on any atom is 0.250 e. The smallest absolute Gasteiger partial charge is 0.250 e. The summed E-state index contributed by atoms with van der Waals surface area (Å²) < 4.78 is 28.6. The first kappa shape index (κ1) is 18.9. The minimum Gasteiger partial charge on any atom is -0.299 e. The summed E-state index contributed by atoms with van der Waals surface area (Å²) in [4.78, 5) is 2.09.